The largest absolute Gasteiger partial charge is 0.318 e. The molecule has 0 saturated carbocycles. The van der Waals surface area contributed by atoms with E-state index in [1.807, 2.05) is 66.2 Å². The molecule has 0 atom stereocenters. The summed E-state index contributed by atoms with van der Waals surface area (Å²) in [6, 6.07) is 17.7. The summed E-state index contributed by atoms with van der Waals surface area (Å²) in [4.78, 5) is 12.6. The predicted octanol–water partition coefficient (Wildman–Crippen LogP) is 2.89. The molecular formula is C17H15N3OS. The molecule has 0 unspecified atom stereocenters. The minimum atomic E-state index is -0.249. The van der Waals surface area contributed by atoms with Crippen LogP contribution in [0.3, 0.4) is 0 Å². The van der Waals surface area contributed by atoms with Crippen molar-refractivity contribution in [2.24, 2.45) is 12.1 Å². The molecule has 4 nitrogen and oxygen atoms in total. The van der Waals surface area contributed by atoms with E-state index in [9.17, 15) is 4.79 Å². The van der Waals surface area contributed by atoms with Gasteiger partial charge in [0, 0.05) is 13.1 Å². The molecule has 3 rings (SSSR count). The number of aromatic nitrogens is 1. The number of carbonyl (C=O) groups is 1. The number of para-hydroxylation sites is 1. The van der Waals surface area contributed by atoms with Crippen molar-refractivity contribution in [2.75, 3.05) is 0 Å². The van der Waals surface area contributed by atoms with Crippen LogP contribution in [0.1, 0.15) is 5.56 Å². The van der Waals surface area contributed by atoms with E-state index in [4.69, 9.17) is 0 Å². The van der Waals surface area contributed by atoms with Gasteiger partial charge in [-0.05, 0) is 23.8 Å². The first-order valence-corrected chi connectivity index (χ1v) is 7.67. The highest BCUT2D eigenvalue weighted by Crippen LogP contribution is 2.14. The van der Waals surface area contributed by atoms with Crippen LogP contribution in [0, 0.1) is 0 Å². The van der Waals surface area contributed by atoms with Crippen LogP contribution in [0.5, 0.6) is 0 Å². The zero-order valence-corrected chi connectivity index (χ0v) is 12.9. The van der Waals surface area contributed by atoms with Crippen molar-refractivity contribution in [3.8, 4) is 0 Å². The summed E-state index contributed by atoms with van der Waals surface area (Å²) in [7, 11) is 1.93. The highest BCUT2D eigenvalue weighted by molar-refractivity contribution is 7.16. The fourth-order valence-corrected chi connectivity index (χ4v) is 3.04. The summed E-state index contributed by atoms with van der Waals surface area (Å²) >= 11 is 1.54. The summed E-state index contributed by atoms with van der Waals surface area (Å²) in [6.45, 7) is 0. The number of amides is 1. The van der Waals surface area contributed by atoms with Gasteiger partial charge in [-0.25, -0.2) is 5.43 Å². The van der Waals surface area contributed by atoms with Crippen molar-refractivity contribution in [1.29, 1.82) is 0 Å². The smallest absolute Gasteiger partial charge is 0.264 e. The molecule has 1 aromatic heterocycles. The quantitative estimate of drug-likeness (QED) is 0.587. The molecule has 5 heteroatoms. The molecule has 0 aliphatic carbocycles. The van der Waals surface area contributed by atoms with Gasteiger partial charge < -0.3 is 4.57 Å². The number of rotatable bonds is 3. The van der Waals surface area contributed by atoms with E-state index in [-0.39, 0.29) is 5.91 Å². The van der Waals surface area contributed by atoms with Crippen molar-refractivity contribution in [2.45, 2.75) is 0 Å². The van der Waals surface area contributed by atoms with E-state index in [2.05, 4.69) is 10.5 Å². The molecule has 1 amide bonds. The van der Waals surface area contributed by atoms with Crippen LogP contribution in [0.15, 0.2) is 65.8 Å². The molecule has 0 spiro atoms. The maximum Gasteiger partial charge on any atom is 0.264 e. The van der Waals surface area contributed by atoms with Gasteiger partial charge in [-0.15, -0.1) is 5.10 Å². The highest BCUT2D eigenvalue weighted by Gasteiger charge is 2.01. The zero-order valence-electron chi connectivity index (χ0n) is 12.1. The first-order chi connectivity index (χ1) is 10.7. The molecule has 1 N–H and O–H groups in total. The van der Waals surface area contributed by atoms with Crippen LogP contribution in [0.25, 0.3) is 16.3 Å². The molecular weight excluding hydrogens is 294 g/mol. The Bertz CT molecular complexity index is 891. The second-order valence-electron chi connectivity index (χ2n) is 4.74. The van der Waals surface area contributed by atoms with Crippen LogP contribution in [0.2, 0.25) is 0 Å². The molecule has 1 heterocycles. The lowest BCUT2D eigenvalue weighted by Gasteiger charge is -1.95. The van der Waals surface area contributed by atoms with Gasteiger partial charge in [0.2, 0.25) is 4.80 Å². The standard InChI is InChI=1S/C17H15N3OS/c1-20-14-9-5-6-10-15(14)22-17(20)19-18-16(21)12-11-13-7-3-2-4-8-13/h2-12H,1H3,(H,18,21)/b12-11+,19-17+. The van der Waals surface area contributed by atoms with Gasteiger partial charge in [0.25, 0.3) is 5.91 Å². The molecule has 0 aliphatic rings. The van der Waals surface area contributed by atoms with Gasteiger partial charge >= 0.3 is 0 Å². The van der Waals surface area contributed by atoms with Gasteiger partial charge in [-0.1, -0.05) is 53.8 Å². The van der Waals surface area contributed by atoms with Crippen LogP contribution >= 0.6 is 11.3 Å². The lowest BCUT2D eigenvalue weighted by atomic mass is 10.2. The molecule has 0 aliphatic heterocycles. The normalized spacial score (nSPS) is 12.1. The van der Waals surface area contributed by atoms with Crippen LogP contribution in [0.4, 0.5) is 0 Å². The molecule has 2 aromatic carbocycles. The number of thiazole rings is 1. The molecule has 0 bridgehead atoms. The number of benzene rings is 2. The van der Waals surface area contributed by atoms with Crippen LogP contribution < -0.4 is 10.2 Å². The highest BCUT2D eigenvalue weighted by atomic mass is 32.1. The fraction of sp³-hybridized carbons (Fsp3) is 0.0588. The Kier molecular flexibility index (Phi) is 4.16. The second-order valence-corrected chi connectivity index (χ2v) is 5.75. The SMILES string of the molecule is Cn1/c(=N\NC(=O)/C=C/c2ccccc2)sc2ccccc21. The molecule has 0 fully saturated rings. The summed E-state index contributed by atoms with van der Waals surface area (Å²) in [5.41, 5.74) is 4.63. The number of nitrogens with one attached hydrogen (secondary N) is 1. The number of nitrogens with zero attached hydrogens (tertiary/aromatic N) is 2. The third kappa shape index (κ3) is 3.15. The fourth-order valence-electron chi connectivity index (χ4n) is 2.06. The summed E-state index contributed by atoms with van der Waals surface area (Å²) in [5.74, 6) is -0.249. The average molecular weight is 309 g/mol. The monoisotopic (exact) mass is 309 g/mol. The number of fused-ring (bicyclic) bond motifs is 1. The van der Waals surface area contributed by atoms with Crippen molar-refractivity contribution in [3.05, 3.63) is 71.0 Å². The van der Waals surface area contributed by atoms with Gasteiger partial charge in [0.05, 0.1) is 10.2 Å². The first-order valence-electron chi connectivity index (χ1n) is 6.85. The Labute approximate surface area is 132 Å². The zero-order chi connectivity index (χ0) is 15.4. The van der Waals surface area contributed by atoms with Crippen molar-refractivity contribution < 1.29 is 4.79 Å². The van der Waals surface area contributed by atoms with E-state index in [0.717, 1.165) is 20.6 Å². The Balaban J connectivity index is 1.76. The number of carbonyl (C=O) groups excluding carboxylic acids is 1. The number of hydrogen-bond donors (Lipinski definition) is 1. The molecule has 0 saturated heterocycles. The Morgan fingerprint density at radius 1 is 1.14 bits per heavy atom. The van der Waals surface area contributed by atoms with Gasteiger partial charge in [-0.2, -0.15) is 0 Å². The Morgan fingerprint density at radius 3 is 2.64 bits per heavy atom. The molecule has 110 valence electrons. The van der Waals surface area contributed by atoms with Crippen molar-refractivity contribution in [1.82, 2.24) is 9.99 Å². The summed E-state index contributed by atoms with van der Waals surface area (Å²) in [5, 5.41) is 4.19. The minimum absolute atomic E-state index is 0.249. The molecule has 0 radical (unpaired) electrons. The minimum Gasteiger partial charge on any atom is -0.318 e. The lowest BCUT2D eigenvalue weighted by Crippen LogP contribution is -2.21. The second kappa shape index (κ2) is 6.41. The first kappa shape index (κ1) is 14.3. The molecule has 3 aromatic rings. The topological polar surface area (TPSA) is 46.4 Å². The molecule has 22 heavy (non-hydrogen) atoms. The van der Waals surface area contributed by atoms with Gasteiger partial charge in [0.15, 0.2) is 0 Å². The van der Waals surface area contributed by atoms with E-state index in [1.165, 1.54) is 17.4 Å². The number of hydrogen-bond acceptors (Lipinski definition) is 3. The predicted molar refractivity (Wildman–Crippen MR) is 90.0 cm³/mol. The average Bonchev–Trinajstić information content (AvgIpc) is 2.88. The van der Waals surface area contributed by atoms with E-state index in [1.54, 1.807) is 6.08 Å². The van der Waals surface area contributed by atoms with E-state index < -0.39 is 0 Å². The van der Waals surface area contributed by atoms with Crippen LogP contribution in [-0.2, 0) is 11.8 Å². The van der Waals surface area contributed by atoms with Crippen molar-refractivity contribution in [3.63, 3.8) is 0 Å². The third-order valence-electron chi connectivity index (χ3n) is 3.20. The lowest BCUT2D eigenvalue weighted by molar-refractivity contribution is -0.116. The Morgan fingerprint density at radius 2 is 1.86 bits per heavy atom. The van der Waals surface area contributed by atoms with Gasteiger partial charge in [-0.3, -0.25) is 4.79 Å². The van der Waals surface area contributed by atoms with Crippen LogP contribution in [-0.4, -0.2) is 10.5 Å². The van der Waals surface area contributed by atoms with E-state index >= 15 is 0 Å². The van der Waals surface area contributed by atoms with Gasteiger partial charge in [0.1, 0.15) is 0 Å². The summed E-state index contributed by atoms with van der Waals surface area (Å²) in [6.07, 6.45) is 3.24. The Hall–Kier alpha value is -2.66. The van der Waals surface area contributed by atoms with E-state index in [0.29, 0.717) is 0 Å². The summed E-state index contributed by atoms with van der Waals surface area (Å²) < 4.78 is 3.10. The maximum absolute atomic E-state index is 11.8. The third-order valence-corrected chi connectivity index (χ3v) is 4.32. The van der Waals surface area contributed by atoms with Crippen molar-refractivity contribution >= 4 is 33.5 Å². The maximum atomic E-state index is 11.8. The number of aryl methyl sites for hydroxylation is 1.